The van der Waals surface area contributed by atoms with E-state index in [2.05, 4.69) is 5.16 Å². The van der Waals surface area contributed by atoms with Gasteiger partial charge >= 0.3 is 0 Å². The number of rotatable bonds is 2. The smallest absolute Gasteiger partial charge is 0.278 e. The van der Waals surface area contributed by atoms with E-state index in [0.29, 0.717) is 36.7 Å². The lowest BCUT2D eigenvalue weighted by molar-refractivity contribution is -0.00549. The summed E-state index contributed by atoms with van der Waals surface area (Å²) < 4.78 is 20.9. The van der Waals surface area contributed by atoms with Crippen molar-refractivity contribution in [2.24, 2.45) is 0 Å². The second-order valence-electron chi connectivity index (χ2n) is 7.86. The van der Waals surface area contributed by atoms with Gasteiger partial charge in [-0.05, 0) is 36.6 Å². The summed E-state index contributed by atoms with van der Waals surface area (Å²) in [7, 11) is 0. The van der Waals surface area contributed by atoms with Gasteiger partial charge < -0.3 is 18.9 Å². The number of thiophene rings is 1. The minimum atomic E-state index is -1.09. The van der Waals surface area contributed by atoms with Crippen LogP contribution in [0.1, 0.15) is 32.3 Å². The Balaban J connectivity index is 1.57. The largest absolute Gasteiger partial charge is 0.361 e. The standard InChI is InChI=1S/C22H17FN4O3S/c1-13-10-17(24-30-13)19(28)26-7-8-27-20(29)18-11-14-6-9-31-21(14)25(18)12-22(26,27)15-2-4-16(23)5-3-15/h2-6,9-11H,7-8,12H2,1H3. The van der Waals surface area contributed by atoms with E-state index < -0.39 is 5.66 Å². The third-order valence-electron chi connectivity index (χ3n) is 6.18. The monoisotopic (exact) mass is 436 g/mol. The number of halogens is 1. The molecule has 1 fully saturated rings. The van der Waals surface area contributed by atoms with Gasteiger partial charge in [-0.2, -0.15) is 0 Å². The van der Waals surface area contributed by atoms with Crippen LogP contribution < -0.4 is 0 Å². The van der Waals surface area contributed by atoms with Crippen LogP contribution in [0.2, 0.25) is 0 Å². The highest BCUT2D eigenvalue weighted by Gasteiger charge is 2.56. The van der Waals surface area contributed by atoms with Crippen LogP contribution in [0.5, 0.6) is 0 Å². The molecule has 9 heteroatoms. The number of aryl methyl sites for hydroxylation is 1. The maximum Gasteiger partial charge on any atom is 0.278 e. The average molecular weight is 436 g/mol. The quantitative estimate of drug-likeness (QED) is 0.481. The Labute approximate surface area is 180 Å². The molecule has 1 saturated heterocycles. The zero-order valence-corrected chi connectivity index (χ0v) is 17.4. The number of hydrogen-bond acceptors (Lipinski definition) is 5. The first kappa shape index (κ1) is 18.3. The lowest BCUT2D eigenvalue weighted by atomic mass is 9.94. The second kappa shape index (κ2) is 6.27. The van der Waals surface area contributed by atoms with Crippen LogP contribution in [0, 0.1) is 12.7 Å². The highest BCUT2D eigenvalue weighted by atomic mass is 32.1. The Morgan fingerprint density at radius 1 is 1.19 bits per heavy atom. The number of fused-ring (bicyclic) bond motifs is 4. The van der Waals surface area contributed by atoms with Gasteiger partial charge in [-0.25, -0.2) is 4.39 Å². The van der Waals surface area contributed by atoms with Gasteiger partial charge in [0.25, 0.3) is 11.8 Å². The molecule has 2 aliphatic heterocycles. The van der Waals surface area contributed by atoms with Crippen molar-refractivity contribution in [2.45, 2.75) is 19.1 Å². The second-order valence-corrected chi connectivity index (χ2v) is 8.75. The third-order valence-corrected chi connectivity index (χ3v) is 7.14. The van der Waals surface area contributed by atoms with Gasteiger partial charge in [0.2, 0.25) is 0 Å². The molecule has 2 aliphatic rings. The van der Waals surface area contributed by atoms with Crippen LogP contribution in [0.3, 0.4) is 0 Å². The predicted molar refractivity (Wildman–Crippen MR) is 111 cm³/mol. The number of hydrogen-bond donors (Lipinski definition) is 0. The minimum Gasteiger partial charge on any atom is -0.361 e. The van der Waals surface area contributed by atoms with Gasteiger partial charge in [-0.3, -0.25) is 9.59 Å². The number of nitrogens with zero attached hydrogens (tertiary/aromatic N) is 4. The lowest BCUT2D eigenvalue weighted by Gasteiger charge is -2.47. The fraction of sp³-hybridized carbons (Fsp3) is 0.227. The minimum absolute atomic E-state index is 0.148. The summed E-state index contributed by atoms with van der Waals surface area (Å²) in [6, 6.07) is 11.5. The van der Waals surface area contributed by atoms with Crippen LogP contribution in [0.15, 0.2) is 52.4 Å². The van der Waals surface area contributed by atoms with Crippen molar-refractivity contribution in [2.75, 3.05) is 13.1 Å². The topological polar surface area (TPSA) is 71.6 Å². The van der Waals surface area contributed by atoms with E-state index in [1.807, 2.05) is 22.1 Å². The molecule has 3 aromatic heterocycles. The summed E-state index contributed by atoms with van der Waals surface area (Å²) in [6.07, 6.45) is 0. The first-order chi connectivity index (χ1) is 15.0. The Morgan fingerprint density at radius 2 is 2.00 bits per heavy atom. The fourth-order valence-corrected chi connectivity index (χ4v) is 5.72. The summed E-state index contributed by atoms with van der Waals surface area (Å²) >= 11 is 1.55. The fourth-order valence-electron chi connectivity index (χ4n) is 4.82. The average Bonchev–Trinajstić information content (AvgIpc) is 3.52. The van der Waals surface area contributed by atoms with E-state index in [1.165, 1.54) is 12.1 Å². The molecule has 0 saturated carbocycles. The van der Waals surface area contributed by atoms with Crippen LogP contribution in [-0.2, 0) is 12.2 Å². The van der Waals surface area contributed by atoms with Gasteiger partial charge in [-0.15, -0.1) is 11.3 Å². The van der Waals surface area contributed by atoms with E-state index in [9.17, 15) is 14.0 Å². The zero-order valence-electron chi connectivity index (χ0n) is 16.5. The van der Waals surface area contributed by atoms with E-state index in [1.54, 1.807) is 46.3 Å². The zero-order chi connectivity index (χ0) is 21.3. The van der Waals surface area contributed by atoms with Crippen molar-refractivity contribution >= 4 is 33.4 Å². The molecule has 0 bridgehead atoms. The Kier molecular flexibility index (Phi) is 3.71. The number of amides is 2. The van der Waals surface area contributed by atoms with Crippen LogP contribution >= 0.6 is 11.3 Å². The molecule has 0 spiro atoms. The lowest BCUT2D eigenvalue weighted by Crippen LogP contribution is -2.60. The third kappa shape index (κ3) is 2.40. The number of aromatic nitrogens is 2. The van der Waals surface area contributed by atoms with Crippen LogP contribution in [-0.4, -0.2) is 44.4 Å². The molecule has 4 aromatic rings. The number of benzene rings is 1. The Bertz CT molecular complexity index is 1350. The molecule has 0 radical (unpaired) electrons. The molecule has 7 nitrogen and oxygen atoms in total. The van der Waals surface area contributed by atoms with E-state index in [0.717, 1.165) is 10.2 Å². The first-order valence-electron chi connectivity index (χ1n) is 9.89. The van der Waals surface area contributed by atoms with Crippen molar-refractivity contribution < 1.29 is 18.5 Å². The maximum absolute atomic E-state index is 13.8. The SMILES string of the molecule is Cc1cc(C(=O)N2CCN3C(=O)c4cc5ccsc5n4CC23c2ccc(F)cc2)no1. The summed E-state index contributed by atoms with van der Waals surface area (Å²) in [4.78, 5) is 31.5. The highest BCUT2D eigenvalue weighted by molar-refractivity contribution is 7.16. The summed E-state index contributed by atoms with van der Waals surface area (Å²) in [5, 5.41) is 6.87. The van der Waals surface area contributed by atoms with E-state index in [4.69, 9.17) is 4.52 Å². The van der Waals surface area contributed by atoms with E-state index >= 15 is 0 Å². The van der Waals surface area contributed by atoms with Gasteiger partial charge in [0.05, 0.1) is 6.54 Å². The predicted octanol–water partition coefficient (Wildman–Crippen LogP) is 3.60. The van der Waals surface area contributed by atoms with Crippen molar-refractivity contribution in [1.82, 2.24) is 19.5 Å². The molecule has 2 amide bonds. The van der Waals surface area contributed by atoms with E-state index in [-0.39, 0.29) is 23.3 Å². The highest BCUT2D eigenvalue weighted by Crippen LogP contribution is 2.45. The summed E-state index contributed by atoms with van der Waals surface area (Å²) in [5.41, 5.74) is 0.383. The first-order valence-corrected chi connectivity index (χ1v) is 10.8. The molecular weight excluding hydrogens is 419 g/mol. The van der Waals surface area contributed by atoms with Crippen molar-refractivity contribution in [3.8, 4) is 0 Å². The number of carbonyl (C=O) groups excluding carboxylic acids is 2. The molecule has 1 aromatic carbocycles. The molecule has 0 aliphatic carbocycles. The molecule has 5 heterocycles. The van der Waals surface area contributed by atoms with Gasteiger partial charge in [0.15, 0.2) is 11.4 Å². The van der Waals surface area contributed by atoms with Crippen LogP contribution in [0.25, 0.3) is 10.2 Å². The molecule has 1 atom stereocenters. The molecule has 156 valence electrons. The normalized spacial score (nSPS) is 20.4. The van der Waals surface area contributed by atoms with Crippen molar-refractivity contribution in [1.29, 1.82) is 0 Å². The van der Waals surface area contributed by atoms with Gasteiger partial charge in [0.1, 0.15) is 22.1 Å². The van der Waals surface area contributed by atoms with Crippen molar-refractivity contribution in [3.63, 3.8) is 0 Å². The van der Waals surface area contributed by atoms with Gasteiger partial charge in [-0.1, -0.05) is 17.3 Å². The van der Waals surface area contributed by atoms with Gasteiger partial charge in [0, 0.05) is 30.1 Å². The van der Waals surface area contributed by atoms with Crippen LogP contribution in [0.4, 0.5) is 4.39 Å². The molecule has 1 unspecified atom stereocenters. The molecule has 0 N–H and O–H groups in total. The Hall–Kier alpha value is -3.46. The summed E-state index contributed by atoms with van der Waals surface area (Å²) in [6.45, 7) is 2.79. The van der Waals surface area contributed by atoms with Crippen molar-refractivity contribution in [3.05, 3.63) is 76.4 Å². The molecule has 6 rings (SSSR count). The molecule has 31 heavy (non-hydrogen) atoms. The Morgan fingerprint density at radius 3 is 2.74 bits per heavy atom. The number of carbonyl (C=O) groups is 2. The summed E-state index contributed by atoms with van der Waals surface area (Å²) in [5.74, 6) is -0.317. The molecular formula is C22H17FN4O3S. The maximum atomic E-state index is 13.8.